The van der Waals surface area contributed by atoms with Gasteiger partial charge < -0.3 is 10.1 Å². The maximum atomic E-state index is 5.56. The number of hydrogen-bond acceptors (Lipinski definition) is 4. The molecule has 1 fully saturated rings. The second-order valence-electron chi connectivity index (χ2n) is 6.76. The molecule has 0 bridgehead atoms. The monoisotopic (exact) mass is 296 g/mol. The molecule has 1 aliphatic rings. The first-order valence-electron chi connectivity index (χ1n) is 7.76. The van der Waals surface area contributed by atoms with Crippen molar-refractivity contribution in [1.29, 1.82) is 0 Å². The summed E-state index contributed by atoms with van der Waals surface area (Å²) in [6, 6.07) is 0.511. The first-order chi connectivity index (χ1) is 9.50. The average molecular weight is 296 g/mol. The van der Waals surface area contributed by atoms with Crippen LogP contribution in [-0.2, 0) is 16.6 Å². The molecule has 3 nitrogen and oxygen atoms in total. The van der Waals surface area contributed by atoms with Gasteiger partial charge in [0, 0.05) is 35.8 Å². The van der Waals surface area contributed by atoms with E-state index < -0.39 is 0 Å². The molecule has 20 heavy (non-hydrogen) atoms. The minimum Gasteiger partial charge on any atom is -0.381 e. The molecule has 0 aliphatic carbocycles. The summed E-state index contributed by atoms with van der Waals surface area (Å²) in [5.41, 5.74) is 1.37. The summed E-state index contributed by atoms with van der Waals surface area (Å²) in [5, 5.41) is 7.17. The van der Waals surface area contributed by atoms with Crippen LogP contribution in [0.15, 0.2) is 5.38 Å². The highest BCUT2D eigenvalue weighted by molar-refractivity contribution is 7.09. The van der Waals surface area contributed by atoms with Gasteiger partial charge in [-0.1, -0.05) is 27.7 Å². The summed E-state index contributed by atoms with van der Waals surface area (Å²) in [7, 11) is 0. The number of hydrogen-bond donors (Lipinski definition) is 1. The van der Waals surface area contributed by atoms with Crippen molar-refractivity contribution in [3.05, 3.63) is 16.1 Å². The topological polar surface area (TPSA) is 34.2 Å². The Morgan fingerprint density at radius 2 is 2.30 bits per heavy atom. The number of nitrogens with one attached hydrogen (secondary N) is 1. The number of aromatic nitrogens is 1. The van der Waals surface area contributed by atoms with E-state index in [1.165, 1.54) is 23.5 Å². The Labute approximate surface area is 127 Å². The van der Waals surface area contributed by atoms with E-state index in [0.717, 1.165) is 26.2 Å². The Hall–Kier alpha value is -0.450. The number of nitrogens with zero attached hydrogens (tertiary/aromatic N) is 1. The Kier molecular flexibility index (Phi) is 5.58. The molecule has 0 radical (unpaired) electrons. The predicted octanol–water partition coefficient (Wildman–Crippen LogP) is 3.39. The van der Waals surface area contributed by atoms with E-state index in [-0.39, 0.29) is 5.41 Å². The summed E-state index contributed by atoms with van der Waals surface area (Å²) in [6.07, 6.45) is 3.39. The first-order valence-corrected chi connectivity index (χ1v) is 8.64. The largest absolute Gasteiger partial charge is 0.381 e. The van der Waals surface area contributed by atoms with Gasteiger partial charge in [0.1, 0.15) is 0 Å². The standard InChI is InChI=1S/C16H28N2OS/c1-5-7-17-13(12-6-8-19-10-12)9-15-18-14(11-20-15)16(2,3)4/h11-13,17H,5-10H2,1-4H3. The van der Waals surface area contributed by atoms with Crippen LogP contribution >= 0.6 is 11.3 Å². The van der Waals surface area contributed by atoms with Gasteiger partial charge in [-0.3, -0.25) is 0 Å². The highest BCUT2D eigenvalue weighted by Gasteiger charge is 2.27. The molecule has 0 aromatic carbocycles. The van der Waals surface area contributed by atoms with Gasteiger partial charge in [0.2, 0.25) is 0 Å². The molecule has 2 unspecified atom stereocenters. The minimum atomic E-state index is 0.150. The van der Waals surface area contributed by atoms with Crippen molar-refractivity contribution >= 4 is 11.3 Å². The molecule has 4 heteroatoms. The van der Waals surface area contributed by atoms with Crippen LogP contribution < -0.4 is 5.32 Å². The molecule has 114 valence electrons. The van der Waals surface area contributed by atoms with Crippen molar-refractivity contribution < 1.29 is 4.74 Å². The number of ether oxygens (including phenoxy) is 1. The van der Waals surface area contributed by atoms with E-state index in [2.05, 4.69) is 38.4 Å². The fourth-order valence-corrected chi connectivity index (χ4v) is 3.62. The van der Waals surface area contributed by atoms with Gasteiger partial charge in [-0.2, -0.15) is 0 Å². The number of thiazole rings is 1. The minimum absolute atomic E-state index is 0.150. The molecular formula is C16H28N2OS. The van der Waals surface area contributed by atoms with E-state index in [4.69, 9.17) is 9.72 Å². The average Bonchev–Trinajstić information content (AvgIpc) is 3.04. The molecule has 1 saturated heterocycles. The quantitative estimate of drug-likeness (QED) is 0.874. The lowest BCUT2D eigenvalue weighted by Crippen LogP contribution is -2.39. The second-order valence-corrected chi connectivity index (χ2v) is 7.71. The van der Waals surface area contributed by atoms with Crippen molar-refractivity contribution in [2.24, 2.45) is 5.92 Å². The van der Waals surface area contributed by atoms with Gasteiger partial charge in [-0.15, -0.1) is 11.3 Å². The van der Waals surface area contributed by atoms with E-state index in [0.29, 0.717) is 12.0 Å². The normalized spacial score (nSPS) is 21.3. The Balaban J connectivity index is 2.01. The lowest BCUT2D eigenvalue weighted by molar-refractivity contribution is 0.176. The summed E-state index contributed by atoms with van der Waals surface area (Å²) in [6.45, 7) is 11.8. The smallest absolute Gasteiger partial charge is 0.0944 e. The SMILES string of the molecule is CCCNC(Cc1nc(C(C)(C)C)cs1)C1CCOC1. The second kappa shape index (κ2) is 7.01. The van der Waals surface area contributed by atoms with Crippen molar-refractivity contribution in [2.75, 3.05) is 19.8 Å². The Morgan fingerprint density at radius 3 is 2.85 bits per heavy atom. The van der Waals surface area contributed by atoms with Gasteiger partial charge in [-0.05, 0) is 19.4 Å². The third-order valence-electron chi connectivity index (χ3n) is 3.91. The van der Waals surface area contributed by atoms with Crippen LogP contribution in [0.3, 0.4) is 0 Å². The zero-order valence-electron chi connectivity index (χ0n) is 13.2. The van der Waals surface area contributed by atoms with E-state index in [9.17, 15) is 0 Å². The highest BCUT2D eigenvalue weighted by Crippen LogP contribution is 2.26. The summed E-state index contributed by atoms with van der Waals surface area (Å²) < 4.78 is 5.56. The fourth-order valence-electron chi connectivity index (χ4n) is 2.54. The van der Waals surface area contributed by atoms with Crippen molar-refractivity contribution in [3.8, 4) is 0 Å². The van der Waals surface area contributed by atoms with Crippen LogP contribution in [0, 0.1) is 5.92 Å². The molecule has 1 N–H and O–H groups in total. The maximum Gasteiger partial charge on any atom is 0.0944 e. The van der Waals surface area contributed by atoms with Gasteiger partial charge in [0.05, 0.1) is 17.3 Å². The molecule has 1 aromatic rings. The molecule has 1 aliphatic heterocycles. The van der Waals surface area contributed by atoms with Gasteiger partial charge in [0.15, 0.2) is 0 Å². The Bertz CT molecular complexity index is 405. The van der Waals surface area contributed by atoms with E-state index in [1.807, 2.05) is 0 Å². The summed E-state index contributed by atoms with van der Waals surface area (Å²) in [4.78, 5) is 4.84. The summed E-state index contributed by atoms with van der Waals surface area (Å²) >= 11 is 1.81. The molecular weight excluding hydrogens is 268 g/mol. The van der Waals surface area contributed by atoms with Crippen molar-refractivity contribution in [1.82, 2.24) is 10.3 Å². The molecule has 2 rings (SSSR count). The third kappa shape index (κ3) is 4.27. The van der Waals surface area contributed by atoms with Crippen LogP contribution in [-0.4, -0.2) is 30.8 Å². The van der Waals surface area contributed by atoms with Crippen LogP contribution in [0.25, 0.3) is 0 Å². The van der Waals surface area contributed by atoms with Crippen molar-refractivity contribution in [2.45, 2.75) is 58.4 Å². The molecule has 0 amide bonds. The van der Waals surface area contributed by atoms with E-state index in [1.54, 1.807) is 11.3 Å². The van der Waals surface area contributed by atoms with Crippen LogP contribution in [0.4, 0.5) is 0 Å². The lowest BCUT2D eigenvalue weighted by Gasteiger charge is -2.23. The van der Waals surface area contributed by atoms with Gasteiger partial charge in [-0.25, -0.2) is 4.98 Å². The Morgan fingerprint density at radius 1 is 1.50 bits per heavy atom. The predicted molar refractivity (Wildman–Crippen MR) is 85.5 cm³/mol. The third-order valence-corrected chi connectivity index (χ3v) is 4.78. The fraction of sp³-hybridized carbons (Fsp3) is 0.812. The first kappa shape index (κ1) is 15.9. The molecule has 1 aromatic heterocycles. The maximum absolute atomic E-state index is 5.56. The summed E-state index contributed by atoms with van der Waals surface area (Å²) in [5.74, 6) is 0.642. The van der Waals surface area contributed by atoms with Crippen LogP contribution in [0.5, 0.6) is 0 Å². The van der Waals surface area contributed by atoms with Gasteiger partial charge in [0.25, 0.3) is 0 Å². The molecule has 2 heterocycles. The van der Waals surface area contributed by atoms with E-state index >= 15 is 0 Å². The van der Waals surface area contributed by atoms with Crippen LogP contribution in [0.1, 0.15) is 51.2 Å². The molecule has 0 spiro atoms. The van der Waals surface area contributed by atoms with Gasteiger partial charge >= 0.3 is 0 Å². The number of rotatable bonds is 6. The van der Waals surface area contributed by atoms with Crippen LogP contribution in [0.2, 0.25) is 0 Å². The zero-order valence-corrected chi connectivity index (χ0v) is 14.1. The lowest BCUT2D eigenvalue weighted by atomic mass is 9.93. The molecule has 0 saturated carbocycles. The zero-order chi connectivity index (χ0) is 14.6. The highest BCUT2D eigenvalue weighted by atomic mass is 32.1. The van der Waals surface area contributed by atoms with Crippen molar-refractivity contribution in [3.63, 3.8) is 0 Å². The molecule has 2 atom stereocenters.